The molecule has 1 saturated carbocycles. The number of carbonyl (C=O) groups is 3. The molecule has 1 aromatic carbocycles. The smallest absolute Gasteiger partial charge is 0.308 e. The van der Waals surface area contributed by atoms with Crippen molar-refractivity contribution in [3.8, 4) is 0 Å². The molecule has 1 unspecified atom stereocenters. The lowest BCUT2D eigenvalue weighted by Crippen LogP contribution is -2.31. The number of hydrogen-bond acceptors (Lipinski definition) is 5. The summed E-state index contributed by atoms with van der Waals surface area (Å²) in [6.07, 6.45) is 4.68. The predicted molar refractivity (Wildman–Crippen MR) is 129 cm³/mol. The minimum Gasteiger partial charge on any atom is -0.466 e. The summed E-state index contributed by atoms with van der Waals surface area (Å²) in [4.78, 5) is 36.8. The van der Waals surface area contributed by atoms with Crippen LogP contribution in [-0.4, -0.2) is 30.6 Å². The number of rotatable bonds is 10. The highest BCUT2D eigenvalue weighted by Gasteiger charge is 2.31. The van der Waals surface area contributed by atoms with E-state index in [1.54, 1.807) is 31.2 Å². The molecule has 184 valence electrons. The monoisotopic (exact) mass is 479 g/mol. The molecule has 1 atom stereocenters. The number of hydrogen-bond donors (Lipinski definition) is 1. The Morgan fingerprint density at radius 1 is 1.06 bits per heavy atom. The van der Waals surface area contributed by atoms with Gasteiger partial charge in [0.25, 0.3) is 0 Å². The lowest BCUT2D eigenvalue weighted by molar-refractivity contribution is -0.151. The maximum atomic E-state index is 12.5. The number of amides is 1. The van der Waals surface area contributed by atoms with Crippen molar-refractivity contribution in [1.29, 1.82) is 0 Å². The van der Waals surface area contributed by atoms with Gasteiger partial charge in [-0.3, -0.25) is 14.4 Å². The average molecular weight is 480 g/mol. The molecule has 0 heterocycles. The van der Waals surface area contributed by atoms with Gasteiger partial charge >= 0.3 is 11.9 Å². The van der Waals surface area contributed by atoms with Crippen molar-refractivity contribution in [2.24, 2.45) is 11.3 Å². The first kappa shape index (κ1) is 27.2. The zero-order valence-corrected chi connectivity index (χ0v) is 21.1. The molecule has 0 aliphatic heterocycles. The summed E-state index contributed by atoms with van der Waals surface area (Å²) >= 11 is 6.27. The third-order valence-corrected chi connectivity index (χ3v) is 6.62. The largest absolute Gasteiger partial charge is 0.466 e. The number of halogens is 1. The summed E-state index contributed by atoms with van der Waals surface area (Å²) in [5.74, 6) is -0.247. The Morgan fingerprint density at radius 3 is 2.33 bits per heavy atom. The molecular formula is C26H38ClNO5. The molecule has 1 aliphatic carbocycles. The molecule has 1 fully saturated rings. The number of benzene rings is 1. The second kappa shape index (κ2) is 13.0. The molecule has 0 aromatic heterocycles. The van der Waals surface area contributed by atoms with Crippen LogP contribution >= 0.6 is 11.6 Å². The molecule has 0 spiro atoms. The summed E-state index contributed by atoms with van der Waals surface area (Å²) in [5.41, 5.74) is 0.947. The van der Waals surface area contributed by atoms with E-state index in [1.165, 1.54) is 0 Å². The van der Waals surface area contributed by atoms with Crippen molar-refractivity contribution in [2.45, 2.75) is 91.2 Å². The second-order valence-corrected chi connectivity index (χ2v) is 10.2. The first-order chi connectivity index (χ1) is 15.6. The van der Waals surface area contributed by atoms with E-state index in [4.69, 9.17) is 21.1 Å². The van der Waals surface area contributed by atoms with Crippen LogP contribution < -0.4 is 5.32 Å². The van der Waals surface area contributed by atoms with Crippen molar-refractivity contribution in [3.63, 3.8) is 0 Å². The van der Waals surface area contributed by atoms with Gasteiger partial charge in [0.15, 0.2) is 0 Å². The predicted octanol–water partition coefficient (Wildman–Crippen LogP) is 5.77. The molecule has 0 radical (unpaired) electrons. The summed E-state index contributed by atoms with van der Waals surface area (Å²) in [5, 5.41) is 3.33. The molecule has 33 heavy (non-hydrogen) atoms. The summed E-state index contributed by atoms with van der Waals surface area (Å²) in [6, 6.07) is 6.49. The normalized spacial score (nSPS) is 19.4. The van der Waals surface area contributed by atoms with Crippen LogP contribution in [0.2, 0.25) is 5.02 Å². The number of esters is 2. The van der Waals surface area contributed by atoms with Gasteiger partial charge in [-0.1, -0.05) is 50.6 Å². The van der Waals surface area contributed by atoms with Crippen LogP contribution in [0.25, 0.3) is 0 Å². The first-order valence-electron chi connectivity index (χ1n) is 12.0. The molecule has 0 saturated heterocycles. The van der Waals surface area contributed by atoms with Gasteiger partial charge < -0.3 is 14.8 Å². The Kier molecular flexibility index (Phi) is 10.7. The van der Waals surface area contributed by atoms with Crippen LogP contribution in [0.3, 0.4) is 0 Å². The minimum absolute atomic E-state index is 0.0113. The standard InChI is InChI=1S/C26H38ClNO5/c1-5-32-25(31)17-22(20-9-6-7-10-21(20)27)28-23(29)11-8-12-24(30)33-19-15-13-18(14-16-19)26(2,3)4/h6-7,9-10,18-19,22H,5,8,11-17H2,1-4H3,(H,28,29). The lowest BCUT2D eigenvalue weighted by atomic mass is 9.72. The van der Waals surface area contributed by atoms with Crippen LogP contribution in [0.5, 0.6) is 0 Å². The van der Waals surface area contributed by atoms with Crippen molar-refractivity contribution in [1.82, 2.24) is 5.32 Å². The number of carbonyl (C=O) groups excluding carboxylic acids is 3. The van der Waals surface area contributed by atoms with Gasteiger partial charge in [-0.2, -0.15) is 0 Å². The Morgan fingerprint density at radius 2 is 1.73 bits per heavy atom. The highest BCUT2D eigenvalue weighted by atomic mass is 35.5. The van der Waals surface area contributed by atoms with Gasteiger partial charge in [0.1, 0.15) is 6.10 Å². The van der Waals surface area contributed by atoms with Gasteiger partial charge in [0.05, 0.1) is 19.1 Å². The highest BCUT2D eigenvalue weighted by molar-refractivity contribution is 6.31. The molecule has 1 aromatic rings. The molecule has 6 nitrogen and oxygen atoms in total. The third-order valence-electron chi connectivity index (χ3n) is 6.27. The molecule has 2 rings (SSSR count). The van der Waals surface area contributed by atoms with E-state index in [2.05, 4.69) is 26.1 Å². The number of ether oxygens (including phenoxy) is 2. The second-order valence-electron chi connectivity index (χ2n) is 9.83. The number of nitrogens with one attached hydrogen (secondary N) is 1. The van der Waals surface area contributed by atoms with Gasteiger partial charge in [0, 0.05) is 17.9 Å². The lowest BCUT2D eigenvalue weighted by Gasteiger charge is -2.36. The molecular weight excluding hydrogens is 442 g/mol. The van der Waals surface area contributed by atoms with Gasteiger partial charge in [-0.25, -0.2) is 0 Å². The molecule has 1 amide bonds. The Hall–Kier alpha value is -2.08. The zero-order valence-electron chi connectivity index (χ0n) is 20.3. The van der Waals surface area contributed by atoms with Gasteiger partial charge in [-0.15, -0.1) is 0 Å². The fraction of sp³-hybridized carbons (Fsp3) is 0.654. The van der Waals surface area contributed by atoms with Crippen molar-refractivity contribution in [2.75, 3.05) is 6.61 Å². The summed E-state index contributed by atoms with van der Waals surface area (Å²) in [7, 11) is 0. The zero-order chi connectivity index (χ0) is 24.4. The van der Waals surface area contributed by atoms with E-state index in [1.807, 2.05) is 0 Å². The maximum Gasteiger partial charge on any atom is 0.308 e. The van der Waals surface area contributed by atoms with E-state index in [9.17, 15) is 14.4 Å². The molecule has 7 heteroatoms. The van der Waals surface area contributed by atoms with Gasteiger partial charge in [-0.05, 0) is 62.0 Å². The van der Waals surface area contributed by atoms with E-state index in [0.29, 0.717) is 22.9 Å². The fourth-order valence-electron chi connectivity index (χ4n) is 4.33. The fourth-order valence-corrected chi connectivity index (χ4v) is 4.60. The van der Waals surface area contributed by atoms with Gasteiger partial charge in [0.2, 0.25) is 5.91 Å². The van der Waals surface area contributed by atoms with Crippen LogP contribution in [0, 0.1) is 11.3 Å². The van der Waals surface area contributed by atoms with Crippen LogP contribution in [0.4, 0.5) is 0 Å². The van der Waals surface area contributed by atoms with Crippen LogP contribution in [-0.2, 0) is 23.9 Å². The molecule has 0 bridgehead atoms. The average Bonchev–Trinajstić information content (AvgIpc) is 2.73. The SMILES string of the molecule is CCOC(=O)CC(NC(=O)CCCC(=O)OC1CCC(C(C)(C)C)CC1)c1ccccc1Cl. The first-order valence-corrected chi connectivity index (χ1v) is 12.4. The Labute approximate surface area is 202 Å². The van der Waals surface area contributed by atoms with Crippen molar-refractivity contribution < 1.29 is 23.9 Å². The molecule has 1 aliphatic rings. The summed E-state index contributed by atoms with van der Waals surface area (Å²) in [6.45, 7) is 8.78. The van der Waals surface area contributed by atoms with Crippen LogP contribution in [0.1, 0.15) is 90.7 Å². The van der Waals surface area contributed by atoms with E-state index >= 15 is 0 Å². The molecule has 1 N–H and O–H groups in total. The van der Waals surface area contributed by atoms with Crippen molar-refractivity contribution in [3.05, 3.63) is 34.9 Å². The van der Waals surface area contributed by atoms with E-state index < -0.39 is 12.0 Å². The quantitative estimate of drug-likeness (QED) is 0.431. The van der Waals surface area contributed by atoms with E-state index in [-0.39, 0.29) is 49.3 Å². The highest BCUT2D eigenvalue weighted by Crippen LogP contribution is 2.38. The Balaban J connectivity index is 1.78. The van der Waals surface area contributed by atoms with Crippen LogP contribution in [0.15, 0.2) is 24.3 Å². The Bertz CT molecular complexity index is 796. The minimum atomic E-state index is -0.588. The van der Waals surface area contributed by atoms with E-state index in [0.717, 1.165) is 25.7 Å². The third kappa shape index (κ3) is 9.36. The maximum absolute atomic E-state index is 12.5. The summed E-state index contributed by atoms with van der Waals surface area (Å²) < 4.78 is 10.7. The topological polar surface area (TPSA) is 81.7 Å². The van der Waals surface area contributed by atoms with Crippen molar-refractivity contribution >= 4 is 29.4 Å².